The highest BCUT2D eigenvalue weighted by molar-refractivity contribution is 7.92. The number of halogens is 1. The lowest BCUT2D eigenvalue weighted by molar-refractivity contribution is -0.139. The predicted octanol–water partition coefficient (Wildman–Crippen LogP) is 4.71. The SMILES string of the molecule is CCNC(=O)[C@H](C)N(Cc1ccccc1Cl)C(=O)CN(c1cccc(C)c1)S(=O)(=O)c1ccc(C)cc1. The molecule has 3 aromatic carbocycles. The number of likely N-dealkylation sites (N-methyl/N-ethyl adjacent to an activating group) is 1. The van der Waals surface area contributed by atoms with Crippen LogP contribution in [0.5, 0.6) is 0 Å². The summed E-state index contributed by atoms with van der Waals surface area (Å²) in [5, 5.41) is 3.19. The first-order valence-electron chi connectivity index (χ1n) is 12.0. The molecule has 3 rings (SSSR count). The molecule has 0 aromatic heterocycles. The van der Waals surface area contributed by atoms with Gasteiger partial charge in [-0.3, -0.25) is 13.9 Å². The van der Waals surface area contributed by atoms with Crippen LogP contribution in [0.3, 0.4) is 0 Å². The summed E-state index contributed by atoms with van der Waals surface area (Å²) in [4.78, 5) is 28.0. The van der Waals surface area contributed by atoms with E-state index in [4.69, 9.17) is 11.6 Å². The molecule has 9 heteroatoms. The Morgan fingerprint density at radius 2 is 1.62 bits per heavy atom. The summed E-state index contributed by atoms with van der Waals surface area (Å²) in [7, 11) is -4.09. The minimum Gasteiger partial charge on any atom is -0.355 e. The number of carbonyl (C=O) groups is 2. The monoisotopic (exact) mass is 541 g/mol. The molecule has 1 N–H and O–H groups in total. The lowest BCUT2D eigenvalue weighted by atomic mass is 10.1. The normalized spacial score (nSPS) is 12.0. The van der Waals surface area contributed by atoms with Gasteiger partial charge in [0.25, 0.3) is 10.0 Å². The highest BCUT2D eigenvalue weighted by Crippen LogP contribution is 2.26. The lowest BCUT2D eigenvalue weighted by Crippen LogP contribution is -2.51. The van der Waals surface area contributed by atoms with E-state index in [1.807, 2.05) is 19.9 Å². The summed E-state index contributed by atoms with van der Waals surface area (Å²) in [5.74, 6) is -0.873. The van der Waals surface area contributed by atoms with E-state index in [0.717, 1.165) is 15.4 Å². The van der Waals surface area contributed by atoms with Crippen molar-refractivity contribution in [3.63, 3.8) is 0 Å². The Balaban J connectivity index is 2.04. The van der Waals surface area contributed by atoms with Crippen LogP contribution < -0.4 is 9.62 Å². The lowest BCUT2D eigenvalue weighted by Gasteiger charge is -2.32. The third kappa shape index (κ3) is 6.90. The highest BCUT2D eigenvalue weighted by atomic mass is 35.5. The number of hydrogen-bond acceptors (Lipinski definition) is 4. The fourth-order valence-corrected chi connectivity index (χ4v) is 5.47. The van der Waals surface area contributed by atoms with Gasteiger partial charge in [0.15, 0.2) is 0 Å². The van der Waals surface area contributed by atoms with Crippen molar-refractivity contribution < 1.29 is 18.0 Å². The van der Waals surface area contributed by atoms with Crippen LogP contribution in [-0.4, -0.2) is 44.3 Å². The molecule has 0 unspecified atom stereocenters. The molecule has 0 bridgehead atoms. The molecular weight excluding hydrogens is 510 g/mol. The Hall–Kier alpha value is -3.36. The van der Waals surface area contributed by atoms with E-state index in [-0.39, 0.29) is 17.3 Å². The van der Waals surface area contributed by atoms with Crippen LogP contribution in [0.25, 0.3) is 0 Å². The van der Waals surface area contributed by atoms with Crippen molar-refractivity contribution in [1.29, 1.82) is 0 Å². The molecule has 0 saturated heterocycles. The van der Waals surface area contributed by atoms with Crippen LogP contribution in [-0.2, 0) is 26.2 Å². The van der Waals surface area contributed by atoms with Gasteiger partial charge < -0.3 is 10.2 Å². The number of sulfonamides is 1. The largest absolute Gasteiger partial charge is 0.355 e. The zero-order chi connectivity index (χ0) is 27.2. The average Bonchev–Trinajstić information content (AvgIpc) is 2.86. The van der Waals surface area contributed by atoms with Gasteiger partial charge in [0, 0.05) is 18.1 Å². The van der Waals surface area contributed by atoms with Crippen molar-refractivity contribution in [2.45, 2.75) is 45.2 Å². The summed E-state index contributed by atoms with van der Waals surface area (Å²) < 4.78 is 28.7. The van der Waals surface area contributed by atoms with E-state index < -0.39 is 28.5 Å². The third-order valence-electron chi connectivity index (χ3n) is 5.99. The van der Waals surface area contributed by atoms with Crippen LogP contribution >= 0.6 is 11.6 Å². The van der Waals surface area contributed by atoms with Gasteiger partial charge in [0.05, 0.1) is 10.6 Å². The Bertz CT molecular complexity index is 1360. The smallest absolute Gasteiger partial charge is 0.264 e. The number of amides is 2. The zero-order valence-corrected chi connectivity index (χ0v) is 23.0. The fourth-order valence-electron chi connectivity index (χ4n) is 3.86. The number of nitrogens with one attached hydrogen (secondary N) is 1. The minimum atomic E-state index is -4.09. The molecule has 196 valence electrons. The number of carbonyl (C=O) groups excluding carboxylic acids is 2. The minimum absolute atomic E-state index is 0.0447. The second kappa shape index (κ2) is 12.3. The van der Waals surface area contributed by atoms with E-state index in [2.05, 4.69) is 5.32 Å². The molecule has 0 aliphatic heterocycles. The van der Waals surface area contributed by atoms with Crippen molar-refractivity contribution in [2.24, 2.45) is 0 Å². The van der Waals surface area contributed by atoms with Gasteiger partial charge in [-0.2, -0.15) is 0 Å². The van der Waals surface area contributed by atoms with Gasteiger partial charge in [-0.25, -0.2) is 8.42 Å². The fraction of sp³-hybridized carbons (Fsp3) is 0.286. The van der Waals surface area contributed by atoms with Gasteiger partial charge in [0.2, 0.25) is 11.8 Å². The molecular formula is C28H32ClN3O4S. The summed E-state index contributed by atoms with van der Waals surface area (Å²) in [6.07, 6.45) is 0. The maximum atomic E-state index is 13.8. The number of hydrogen-bond donors (Lipinski definition) is 1. The van der Waals surface area contributed by atoms with Crippen LogP contribution in [0.4, 0.5) is 5.69 Å². The molecule has 3 aromatic rings. The van der Waals surface area contributed by atoms with Gasteiger partial charge in [-0.1, -0.05) is 59.6 Å². The van der Waals surface area contributed by atoms with Gasteiger partial charge in [-0.05, 0) is 69.2 Å². The molecule has 2 amide bonds. The van der Waals surface area contributed by atoms with E-state index in [1.165, 1.54) is 17.0 Å². The number of aryl methyl sites for hydroxylation is 2. The number of anilines is 1. The Morgan fingerprint density at radius 3 is 2.24 bits per heavy atom. The third-order valence-corrected chi connectivity index (χ3v) is 8.15. The zero-order valence-electron chi connectivity index (χ0n) is 21.4. The number of benzene rings is 3. The highest BCUT2D eigenvalue weighted by Gasteiger charge is 2.32. The molecule has 0 heterocycles. The standard InChI is InChI=1S/C28H32ClN3O4S/c1-5-30-28(34)22(4)31(18-23-10-6-7-12-26(23)29)27(33)19-32(24-11-8-9-21(3)17-24)37(35,36)25-15-13-20(2)14-16-25/h6-17,22H,5,18-19H2,1-4H3,(H,30,34)/t22-/m0/s1. The van der Waals surface area contributed by atoms with Gasteiger partial charge in [0.1, 0.15) is 12.6 Å². The van der Waals surface area contributed by atoms with Crippen molar-refractivity contribution in [3.05, 3.63) is 94.5 Å². The van der Waals surface area contributed by atoms with E-state index in [0.29, 0.717) is 22.8 Å². The van der Waals surface area contributed by atoms with Crippen molar-refractivity contribution >= 4 is 39.1 Å². The van der Waals surface area contributed by atoms with E-state index >= 15 is 0 Å². The second-order valence-electron chi connectivity index (χ2n) is 8.85. The maximum absolute atomic E-state index is 13.8. The molecule has 0 fully saturated rings. The van der Waals surface area contributed by atoms with E-state index in [9.17, 15) is 18.0 Å². The summed E-state index contributed by atoms with van der Waals surface area (Å²) in [6, 6.07) is 19.6. The van der Waals surface area contributed by atoms with Crippen molar-refractivity contribution in [1.82, 2.24) is 10.2 Å². The van der Waals surface area contributed by atoms with Crippen LogP contribution in [0.1, 0.15) is 30.5 Å². The molecule has 1 atom stereocenters. The molecule has 0 radical (unpaired) electrons. The Morgan fingerprint density at radius 1 is 0.946 bits per heavy atom. The van der Waals surface area contributed by atoms with Crippen LogP contribution in [0.2, 0.25) is 5.02 Å². The molecule has 7 nitrogen and oxygen atoms in total. The van der Waals surface area contributed by atoms with Gasteiger partial charge >= 0.3 is 0 Å². The Labute approximate surface area is 224 Å². The van der Waals surface area contributed by atoms with Crippen molar-refractivity contribution in [2.75, 3.05) is 17.4 Å². The molecule has 0 spiro atoms. The van der Waals surface area contributed by atoms with Crippen LogP contribution in [0, 0.1) is 13.8 Å². The summed E-state index contributed by atoms with van der Waals surface area (Å²) in [5.41, 5.74) is 2.77. The maximum Gasteiger partial charge on any atom is 0.264 e. The molecule has 0 aliphatic rings. The molecule has 0 saturated carbocycles. The number of nitrogens with zero attached hydrogens (tertiary/aromatic N) is 2. The predicted molar refractivity (Wildman–Crippen MR) is 147 cm³/mol. The van der Waals surface area contributed by atoms with Crippen molar-refractivity contribution in [3.8, 4) is 0 Å². The topological polar surface area (TPSA) is 86.8 Å². The quantitative estimate of drug-likeness (QED) is 0.403. The van der Waals surface area contributed by atoms with Gasteiger partial charge in [-0.15, -0.1) is 0 Å². The second-order valence-corrected chi connectivity index (χ2v) is 11.1. The first-order chi connectivity index (χ1) is 17.5. The first-order valence-corrected chi connectivity index (χ1v) is 13.8. The van der Waals surface area contributed by atoms with E-state index in [1.54, 1.807) is 68.4 Å². The molecule has 0 aliphatic carbocycles. The first kappa shape index (κ1) is 28.2. The number of rotatable bonds is 10. The molecule has 37 heavy (non-hydrogen) atoms. The van der Waals surface area contributed by atoms with Crippen LogP contribution in [0.15, 0.2) is 77.7 Å². The average molecular weight is 542 g/mol. The Kier molecular flexibility index (Phi) is 9.34. The summed E-state index contributed by atoms with van der Waals surface area (Å²) in [6.45, 7) is 7.07. The summed E-state index contributed by atoms with van der Waals surface area (Å²) >= 11 is 6.36.